The lowest BCUT2D eigenvalue weighted by molar-refractivity contribution is -0.120. The minimum atomic E-state index is -0.514. The Morgan fingerprint density at radius 2 is 1.52 bits per heavy atom. The number of hydrogen-bond donors (Lipinski definition) is 1. The number of imide groups is 1. The van der Waals surface area contributed by atoms with Gasteiger partial charge in [-0.15, -0.1) is 0 Å². The molecule has 2 aliphatic heterocycles. The summed E-state index contributed by atoms with van der Waals surface area (Å²) in [6.45, 7) is 0.136. The summed E-state index contributed by atoms with van der Waals surface area (Å²) in [5.41, 5.74) is 1.88. The Kier molecular flexibility index (Phi) is 4.81. The third-order valence-electron chi connectivity index (χ3n) is 4.89. The second-order valence-corrected chi connectivity index (χ2v) is 7.76. The first-order valence-electron chi connectivity index (χ1n) is 9.32. The number of carbonyl (C=O) groups is 2. The molecule has 0 unspecified atom stereocenters. The average molecular weight is 453 g/mol. The molecule has 0 saturated carbocycles. The van der Waals surface area contributed by atoms with Crippen LogP contribution in [0.15, 0.2) is 72.4 Å². The molecule has 5 rings (SSSR count). The number of nitrogens with one attached hydrogen (secondary N) is 1. The first-order valence-corrected chi connectivity index (χ1v) is 10.1. The van der Waals surface area contributed by atoms with Crippen molar-refractivity contribution < 1.29 is 19.1 Å². The van der Waals surface area contributed by atoms with Gasteiger partial charge in [0.2, 0.25) is 6.79 Å². The molecule has 0 fully saturated rings. The van der Waals surface area contributed by atoms with E-state index in [2.05, 4.69) is 5.32 Å². The predicted octanol–water partition coefficient (Wildman–Crippen LogP) is 5.12. The maximum absolute atomic E-state index is 13.4. The highest BCUT2D eigenvalue weighted by Gasteiger charge is 2.40. The van der Waals surface area contributed by atoms with Gasteiger partial charge < -0.3 is 14.8 Å². The van der Waals surface area contributed by atoms with E-state index in [1.165, 1.54) is 18.2 Å². The lowest BCUT2D eigenvalue weighted by Gasteiger charge is -2.16. The van der Waals surface area contributed by atoms with Crippen LogP contribution in [-0.4, -0.2) is 18.6 Å². The highest BCUT2D eigenvalue weighted by molar-refractivity contribution is 6.46. The molecule has 0 atom stereocenters. The van der Waals surface area contributed by atoms with Crippen molar-refractivity contribution in [3.05, 3.63) is 88.0 Å². The van der Waals surface area contributed by atoms with E-state index in [1.807, 2.05) is 6.07 Å². The monoisotopic (exact) mass is 452 g/mol. The molecular formula is C23H14Cl2N2O4. The van der Waals surface area contributed by atoms with Crippen molar-refractivity contribution >= 4 is 52.0 Å². The van der Waals surface area contributed by atoms with Gasteiger partial charge in [-0.25, -0.2) is 4.90 Å². The first kappa shape index (κ1) is 19.5. The van der Waals surface area contributed by atoms with Crippen LogP contribution in [0.2, 0.25) is 10.0 Å². The van der Waals surface area contributed by atoms with E-state index in [-0.39, 0.29) is 18.1 Å². The zero-order valence-corrected chi connectivity index (χ0v) is 17.4. The number of amides is 2. The van der Waals surface area contributed by atoms with Crippen molar-refractivity contribution in [2.75, 3.05) is 17.0 Å². The van der Waals surface area contributed by atoms with Crippen molar-refractivity contribution in [3.63, 3.8) is 0 Å². The van der Waals surface area contributed by atoms with E-state index < -0.39 is 11.8 Å². The largest absolute Gasteiger partial charge is 0.454 e. The van der Waals surface area contributed by atoms with E-state index in [0.717, 1.165) is 4.90 Å². The topological polar surface area (TPSA) is 67.9 Å². The van der Waals surface area contributed by atoms with Crippen LogP contribution in [0.4, 0.5) is 11.4 Å². The van der Waals surface area contributed by atoms with Crippen molar-refractivity contribution in [1.82, 2.24) is 0 Å². The maximum Gasteiger partial charge on any atom is 0.282 e. The van der Waals surface area contributed by atoms with Gasteiger partial charge in [0.25, 0.3) is 11.8 Å². The summed E-state index contributed by atoms with van der Waals surface area (Å²) < 4.78 is 10.7. The fourth-order valence-corrected chi connectivity index (χ4v) is 4.05. The van der Waals surface area contributed by atoms with Gasteiger partial charge in [0.05, 0.1) is 11.3 Å². The van der Waals surface area contributed by atoms with Gasteiger partial charge in [-0.05, 0) is 35.9 Å². The number of halogens is 2. The van der Waals surface area contributed by atoms with Crippen LogP contribution in [-0.2, 0) is 9.59 Å². The van der Waals surface area contributed by atoms with Crippen molar-refractivity contribution in [1.29, 1.82) is 0 Å². The number of hydrogen-bond acceptors (Lipinski definition) is 5. The summed E-state index contributed by atoms with van der Waals surface area (Å²) in [6.07, 6.45) is 0. The summed E-state index contributed by atoms with van der Waals surface area (Å²) in [6, 6.07) is 18.8. The minimum absolute atomic E-state index is 0.136. The molecule has 2 heterocycles. The zero-order chi connectivity index (χ0) is 21.5. The minimum Gasteiger partial charge on any atom is -0.454 e. The van der Waals surface area contributed by atoms with Crippen LogP contribution in [0.25, 0.3) is 5.57 Å². The number of carbonyl (C=O) groups excluding carboxylic acids is 2. The first-order chi connectivity index (χ1) is 15.0. The standard InChI is InChI=1S/C23H14Cl2N2O4/c24-14-8-15(25)10-17(9-14)27-22(28)20(13-4-2-1-3-5-13)21(23(27)29)26-16-6-7-18-19(11-16)31-12-30-18/h1-11,26H,12H2. The molecule has 31 heavy (non-hydrogen) atoms. The van der Waals surface area contributed by atoms with Crippen LogP contribution in [0, 0.1) is 0 Å². The normalized spacial score (nSPS) is 15.1. The molecule has 3 aromatic rings. The Morgan fingerprint density at radius 3 is 2.26 bits per heavy atom. The second-order valence-electron chi connectivity index (χ2n) is 6.88. The Bertz CT molecular complexity index is 1240. The summed E-state index contributed by atoms with van der Waals surface area (Å²) in [5.74, 6) is 0.187. The van der Waals surface area contributed by atoms with E-state index >= 15 is 0 Å². The second kappa shape index (κ2) is 7.65. The molecule has 0 aliphatic carbocycles. The number of fused-ring (bicyclic) bond motifs is 1. The number of rotatable bonds is 4. The Morgan fingerprint density at radius 1 is 0.806 bits per heavy atom. The van der Waals surface area contributed by atoms with Crippen LogP contribution in [0.3, 0.4) is 0 Å². The third-order valence-corrected chi connectivity index (χ3v) is 5.33. The number of ether oxygens (including phenoxy) is 2. The molecule has 0 saturated heterocycles. The Hall–Kier alpha value is -3.48. The van der Waals surface area contributed by atoms with Crippen LogP contribution in [0.5, 0.6) is 11.5 Å². The highest BCUT2D eigenvalue weighted by atomic mass is 35.5. The fraction of sp³-hybridized carbons (Fsp3) is 0.0435. The summed E-state index contributed by atoms with van der Waals surface area (Å²) in [7, 11) is 0. The van der Waals surface area contributed by atoms with Gasteiger partial charge in [-0.1, -0.05) is 53.5 Å². The van der Waals surface area contributed by atoms with Crippen molar-refractivity contribution in [2.24, 2.45) is 0 Å². The molecule has 6 nitrogen and oxygen atoms in total. The van der Waals surface area contributed by atoms with Gasteiger partial charge >= 0.3 is 0 Å². The van der Waals surface area contributed by atoms with Gasteiger partial charge in [0.15, 0.2) is 11.5 Å². The quantitative estimate of drug-likeness (QED) is 0.556. The number of benzene rings is 3. The van der Waals surface area contributed by atoms with Crippen LogP contribution >= 0.6 is 23.2 Å². The summed E-state index contributed by atoms with van der Waals surface area (Å²) in [4.78, 5) is 27.9. The molecule has 0 aromatic heterocycles. The molecule has 3 aromatic carbocycles. The van der Waals surface area contributed by atoms with E-state index in [4.69, 9.17) is 32.7 Å². The fourth-order valence-electron chi connectivity index (χ4n) is 3.54. The lowest BCUT2D eigenvalue weighted by atomic mass is 10.0. The van der Waals surface area contributed by atoms with Crippen LogP contribution < -0.4 is 19.7 Å². The molecule has 0 bridgehead atoms. The molecule has 0 spiro atoms. The summed E-state index contributed by atoms with van der Waals surface area (Å²) >= 11 is 12.2. The molecule has 2 amide bonds. The molecule has 154 valence electrons. The lowest BCUT2D eigenvalue weighted by Crippen LogP contribution is -2.32. The zero-order valence-electron chi connectivity index (χ0n) is 15.9. The predicted molar refractivity (Wildman–Crippen MR) is 119 cm³/mol. The van der Waals surface area contributed by atoms with E-state index in [1.54, 1.807) is 42.5 Å². The highest BCUT2D eigenvalue weighted by Crippen LogP contribution is 2.38. The van der Waals surface area contributed by atoms with Crippen molar-refractivity contribution in [2.45, 2.75) is 0 Å². The molecule has 0 radical (unpaired) electrons. The Balaban J connectivity index is 1.60. The van der Waals surface area contributed by atoms with Crippen molar-refractivity contribution in [3.8, 4) is 11.5 Å². The molecule has 1 N–H and O–H groups in total. The van der Waals surface area contributed by atoms with Gasteiger partial charge in [-0.3, -0.25) is 9.59 Å². The van der Waals surface area contributed by atoms with Gasteiger partial charge in [0.1, 0.15) is 5.70 Å². The van der Waals surface area contributed by atoms with Gasteiger partial charge in [-0.2, -0.15) is 0 Å². The smallest absolute Gasteiger partial charge is 0.282 e. The Labute approximate surface area is 187 Å². The molecule has 8 heteroatoms. The van der Waals surface area contributed by atoms with Gasteiger partial charge in [0, 0.05) is 21.8 Å². The SMILES string of the molecule is O=C1C(Nc2ccc3c(c2)OCO3)=C(c2ccccc2)C(=O)N1c1cc(Cl)cc(Cl)c1. The molecular weight excluding hydrogens is 439 g/mol. The van der Waals surface area contributed by atoms with Crippen LogP contribution in [0.1, 0.15) is 5.56 Å². The third kappa shape index (κ3) is 3.50. The number of nitrogens with zero attached hydrogens (tertiary/aromatic N) is 1. The molecule has 2 aliphatic rings. The number of anilines is 2. The maximum atomic E-state index is 13.4. The van der Waals surface area contributed by atoms with E-state index in [0.29, 0.717) is 38.5 Å². The summed E-state index contributed by atoms with van der Waals surface area (Å²) in [5, 5.41) is 3.74. The van der Waals surface area contributed by atoms with E-state index in [9.17, 15) is 9.59 Å². The average Bonchev–Trinajstić information content (AvgIpc) is 3.30.